The number of carbonyl (C=O) groups excluding carboxylic acids is 1. The van der Waals surface area contributed by atoms with Crippen LogP contribution in [0.15, 0.2) is 66.6 Å². The quantitative estimate of drug-likeness (QED) is 0.0734. The Bertz CT molecular complexity index is 1920. The number of fused-ring (bicyclic) bond motifs is 3. The minimum Gasteiger partial charge on any atom is -0.512 e. The molecule has 0 aliphatic heterocycles. The molecule has 0 spiro atoms. The van der Waals surface area contributed by atoms with Crippen LogP contribution in [0.5, 0.6) is 0 Å². The molecule has 0 saturated heterocycles. The number of aliphatic hydroxyl groups excluding tert-OH is 1. The summed E-state index contributed by atoms with van der Waals surface area (Å²) in [6.07, 6.45) is 6.80. The van der Waals surface area contributed by atoms with Crippen molar-refractivity contribution in [1.82, 2.24) is 14.1 Å². The van der Waals surface area contributed by atoms with Gasteiger partial charge in [0.25, 0.3) is 0 Å². The number of hydrogen-bond donors (Lipinski definition) is 1. The molecule has 5 nitrogen and oxygen atoms in total. The molecule has 0 aliphatic rings. The molecule has 3 aromatic carbocycles. The molecule has 7 heteroatoms. The Hall–Kier alpha value is -3.12. The molecule has 2 heterocycles. The van der Waals surface area contributed by atoms with Gasteiger partial charge in [-0.25, -0.2) is 0 Å². The molecule has 1 radical (unpaired) electrons. The predicted octanol–water partition coefficient (Wildman–Crippen LogP) is 10.6. The summed E-state index contributed by atoms with van der Waals surface area (Å²) >= 11 is 5.58. The summed E-state index contributed by atoms with van der Waals surface area (Å²) in [6.45, 7) is 14.8. The van der Waals surface area contributed by atoms with E-state index < -0.39 is 0 Å². The van der Waals surface area contributed by atoms with Gasteiger partial charge in [-0.15, -0.1) is 29.1 Å². The van der Waals surface area contributed by atoms with Gasteiger partial charge in [-0.2, -0.15) is 0 Å². The molecule has 0 atom stereocenters. The Balaban J connectivity index is 0.000000309. The molecule has 0 fully saturated rings. The summed E-state index contributed by atoms with van der Waals surface area (Å²) < 4.78 is 4.93. The van der Waals surface area contributed by atoms with Crippen LogP contribution in [-0.2, 0) is 44.4 Å². The zero-order chi connectivity index (χ0) is 33.1. The zero-order valence-electron chi connectivity index (χ0n) is 28.7. The fraction of sp³-hybridized carbons (Fsp3) is 0.410. The van der Waals surface area contributed by atoms with E-state index >= 15 is 0 Å². The maximum atomic E-state index is 11.7. The largest absolute Gasteiger partial charge is 0.512 e. The number of allylic oxidation sites excluding steroid dienone is 2. The van der Waals surface area contributed by atoms with Crippen LogP contribution >= 0.6 is 12.2 Å². The van der Waals surface area contributed by atoms with E-state index in [1.54, 1.807) is 0 Å². The van der Waals surface area contributed by atoms with Gasteiger partial charge in [0.05, 0.1) is 16.8 Å². The van der Waals surface area contributed by atoms with Crippen LogP contribution in [0.25, 0.3) is 43.8 Å². The number of aryl methyl sites for hydroxylation is 2. The third-order valence-corrected chi connectivity index (χ3v) is 9.62. The van der Waals surface area contributed by atoms with Gasteiger partial charge >= 0.3 is 0 Å². The first-order valence-corrected chi connectivity index (χ1v) is 16.6. The van der Waals surface area contributed by atoms with Crippen LogP contribution in [0.4, 0.5) is 0 Å². The maximum absolute atomic E-state index is 11.7. The molecule has 5 rings (SSSR count). The van der Waals surface area contributed by atoms with E-state index in [0.29, 0.717) is 0 Å². The fourth-order valence-corrected chi connectivity index (χ4v) is 6.34. The van der Waals surface area contributed by atoms with Crippen molar-refractivity contribution in [2.24, 2.45) is 25.9 Å². The van der Waals surface area contributed by atoms with Crippen molar-refractivity contribution in [3.8, 4) is 11.3 Å². The van der Waals surface area contributed by atoms with Crippen molar-refractivity contribution in [3.63, 3.8) is 0 Å². The molecule has 0 bridgehead atoms. The van der Waals surface area contributed by atoms with Crippen LogP contribution in [0.2, 0.25) is 0 Å². The minimum atomic E-state index is 0. The van der Waals surface area contributed by atoms with Crippen molar-refractivity contribution in [1.29, 1.82) is 0 Å². The summed E-state index contributed by atoms with van der Waals surface area (Å²) in [6, 6.07) is 20.9. The number of rotatable bonds is 8. The Morgan fingerprint density at radius 1 is 0.913 bits per heavy atom. The number of benzene rings is 3. The molecule has 46 heavy (non-hydrogen) atoms. The number of carbonyl (C=O) groups is 1. The van der Waals surface area contributed by atoms with Gasteiger partial charge in [-0.05, 0) is 72.3 Å². The molecule has 247 valence electrons. The number of pyridine rings is 1. The zero-order valence-corrected chi connectivity index (χ0v) is 31.9. The number of ketones is 1. The van der Waals surface area contributed by atoms with E-state index in [0.717, 1.165) is 68.9 Å². The van der Waals surface area contributed by atoms with E-state index in [9.17, 15) is 9.90 Å². The topological polar surface area (TPSA) is 60.0 Å². The number of aromatic nitrogens is 3. The molecule has 0 amide bonds. The van der Waals surface area contributed by atoms with E-state index in [-0.39, 0.29) is 48.9 Å². The Kier molecular flexibility index (Phi) is 12.7. The van der Waals surface area contributed by atoms with Crippen molar-refractivity contribution in [2.45, 2.75) is 79.6 Å². The van der Waals surface area contributed by atoms with E-state index in [2.05, 4.69) is 84.5 Å². The van der Waals surface area contributed by atoms with Gasteiger partial charge in [-0.1, -0.05) is 77.6 Å². The number of aliphatic hydroxyl groups is 1. The van der Waals surface area contributed by atoms with Crippen LogP contribution in [0, 0.1) is 22.7 Å². The Morgan fingerprint density at radius 2 is 1.50 bits per heavy atom. The first-order valence-electron chi connectivity index (χ1n) is 16.2. The maximum Gasteiger partial charge on any atom is 0.180 e. The number of imidazole rings is 1. The molecular weight excluding hydrogens is 767 g/mol. The van der Waals surface area contributed by atoms with Gasteiger partial charge in [0.15, 0.2) is 10.6 Å². The monoisotopic (exact) mass is 815 g/mol. The SMILES string of the molecule is CCC(CC)C(=O)/C=C(\O)C(CC)CC.Cn1c(=S)n(C)c2cc3c(-c4[c-]c5ccccc5c(C(C)(C)C)c4)nccc3cc21.[Ir]. The summed E-state index contributed by atoms with van der Waals surface area (Å²) in [5.74, 6) is 0.547. The van der Waals surface area contributed by atoms with Crippen LogP contribution < -0.4 is 0 Å². The molecule has 0 unspecified atom stereocenters. The molecule has 5 aromatic rings. The van der Waals surface area contributed by atoms with Gasteiger partial charge in [-0.3, -0.25) is 9.78 Å². The summed E-state index contributed by atoms with van der Waals surface area (Å²) in [7, 11) is 4.04. The molecule has 0 saturated carbocycles. The standard InChI is InChI=1S/C26H24N3S.C13H24O2.Ir/c1-26(2,3)21-13-18(12-16-8-6-7-9-19(16)21)24-20-15-23-22(14-17(20)10-11-27-24)28(4)25(30)29(23)5;1-5-10(6-2)12(14)9-13(15)11(7-3)8-4;/h6-11,13-15H,1-5H3;9-11,14H,5-8H2,1-4H3;/q-1;;/b;12-9-;. The van der Waals surface area contributed by atoms with Crippen LogP contribution in [0.1, 0.15) is 79.7 Å². The van der Waals surface area contributed by atoms with Crippen molar-refractivity contribution in [2.75, 3.05) is 0 Å². The molecule has 0 aliphatic carbocycles. The van der Waals surface area contributed by atoms with E-state index in [1.165, 1.54) is 17.0 Å². The second-order valence-electron chi connectivity index (χ2n) is 13.0. The normalized spacial score (nSPS) is 12.1. The van der Waals surface area contributed by atoms with Crippen molar-refractivity contribution >= 4 is 50.6 Å². The predicted molar refractivity (Wildman–Crippen MR) is 192 cm³/mol. The summed E-state index contributed by atoms with van der Waals surface area (Å²) in [5, 5.41) is 14.4. The first kappa shape index (κ1) is 37.3. The summed E-state index contributed by atoms with van der Waals surface area (Å²) in [4.78, 5) is 16.5. The third kappa shape index (κ3) is 7.70. The van der Waals surface area contributed by atoms with Crippen molar-refractivity contribution < 1.29 is 30.0 Å². The second kappa shape index (κ2) is 15.6. The van der Waals surface area contributed by atoms with Gasteiger partial charge in [0, 0.05) is 64.0 Å². The van der Waals surface area contributed by atoms with Gasteiger partial charge in [0.2, 0.25) is 0 Å². The summed E-state index contributed by atoms with van der Waals surface area (Å²) in [5.41, 5.74) is 5.56. The first-order chi connectivity index (χ1) is 21.4. The number of hydrogen-bond acceptors (Lipinski definition) is 4. The van der Waals surface area contributed by atoms with Crippen LogP contribution in [-0.4, -0.2) is 25.0 Å². The van der Waals surface area contributed by atoms with E-state index in [1.807, 2.05) is 48.0 Å². The van der Waals surface area contributed by atoms with Gasteiger partial charge in [0.1, 0.15) is 0 Å². The Morgan fingerprint density at radius 3 is 2.09 bits per heavy atom. The molecule has 1 N–H and O–H groups in total. The Labute approximate surface area is 293 Å². The average Bonchev–Trinajstić information content (AvgIpc) is 3.23. The minimum absolute atomic E-state index is 0. The molecule has 2 aromatic heterocycles. The second-order valence-corrected chi connectivity index (χ2v) is 13.4. The van der Waals surface area contributed by atoms with E-state index in [4.69, 9.17) is 17.2 Å². The van der Waals surface area contributed by atoms with Gasteiger partial charge < -0.3 is 14.2 Å². The van der Waals surface area contributed by atoms with Crippen molar-refractivity contribution in [3.05, 3.63) is 83.0 Å². The smallest absolute Gasteiger partial charge is 0.180 e. The number of nitrogens with zero attached hydrogens (tertiary/aromatic N) is 3. The molecular formula is C39H48IrN3O2S-. The fourth-order valence-electron chi connectivity index (χ4n) is 6.14. The van der Waals surface area contributed by atoms with Crippen LogP contribution in [0.3, 0.4) is 0 Å². The average molecular weight is 815 g/mol. The third-order valence-electron chi connectivity index (χ3n) is 9.08.